The molecule has 0 aliphatic heterocycles. The van der Waals surface area contributed by atoms with Gasteiger partial charge in [0.1, 0.15) is 18.8 Å². The molecule has 28 heavy (non-hydrogen) atoms. The molecule has 6 nitrogen and oxygen atoms in total. The highest BCUT2D eigenvalue weighted by Gasteiger charge is 2.22. The van der Waals surface area contributed by atoms with E-state index in [0.717, 1.165) is 32.5 Å². The van der Waals surface area contributed by atoms with Crippen LogP contribution in [0.2, 0.25) is 0 Å². The van der Waals surface area contributed by atoms with Gasteiger partial charge in [-0.15, -0.1) is 0 Å². The maximum absolute atomic E-state index is 10.8. The second kappa shape index (κ2) is 7.40. The first-order valence-electron chi connectivity index (χ1n) is 8.60. The molecule has 0 radical (unpaired) electrons. The molecule has 4 rings (SSSR count). The fourth-order valence-electron chi connectivity index (χ4n) is 3.38. The Morgan fingerprint density at radius 2 is 1.57 bits per heavy atom. The van der Waals surface area contributed by atoms with Crippen LogP contribution in [-0.4, -0.2) is 34.2 Å². The Hall–Kier alpha value is -2.65. The van der Waals surface area contributed by atoms with Gasteiger partial charge in [-0.25, -0.2) is 4.57 Å². The van der Waals surface area contributed by atoms with E-state index in [4.69, 9.17) is 19.6 Å². The van der Waals surface area contributed by atoms with Crippen molar-refractivity contribution in [2.75, 3.05) is 13.2 Å². The maximum Gasteiger partial charge on any atom is 0.470 e. The summed E-state index contributed by atoms with van der Waals surface area (Å²) < 4.78 is 20.4. The first-order chi connectivity index (χ1) is 13.5. The molecule has 0 fully saturated rings. The van der Waals surface area contributed by atoms with Gasteiger partial charge < -0.3 is 19.6 Å². The average Bonchev–Trinajstić information content (AvgIpc) is 2.68. The highest BCUT2D eigenvalue weighted by Crippen LogP contribution is 2.37. The maximum atomic E-state index is 10.8. The van der Waals surface area contributed by atoms with E-state index in [1.807, 2.05) is 24.3 Å². The average molecular weight is 396 g/mol. The number of hydrogen-bond donors (Lipinski definition) is 3. The molecule has 142 valence electrons. The van der Waals surface area contributed by atoms with Gasteiger partial charge in [-0.05, 0) is 44.3 Å². The first-order valence-corrected chi connectivity index (χ1v) is 10.1. The minimum Gasteiger partial charge on any atom is -0.443 e. The van der Waals surface area contributed by atoms with Crippen LogP contribution in [0.3, 0.4) is 0 Å². The molecule has 0 bridgehead atoms. The molecule has 0 unspecified atom stereocenters. The van der Waals surface area contributed by atoms with Crippen molar-refractivity contribution in [1.29, 1.82) is 0 Å². The van der Waals surface area contributed by atoms with Crippen molar-refractivity contribution in [3.8, 4) is 12.0 Å². The van der Waals surface area contributed by atoms with E-state index in [9.17, 15) is 4.57 Å². The van der Waals surface area contributed by atoms with Gasteiger partial charge in [0.05, 0.1) is 6.61 Å². The number of aliphatic hydroxyl groups excluding tert-OH is 1. The zero-order valence-electron chi connectivity index (χ0n) is 14.7. The fourth-order valence-corrected chi connectivity index (χ4v) is 3.90. The topological polar surface area (TPSA) is 96.2 Å². The fraction of sp³-hybridized carbons (Fsp3) is 0.143. The third kappa shape index (κ3) is 3.67. The molecule has 1 atom stereocenters. The Balaban J connectivity index is 1.65. The van der Waals surface area contributed by atoms with E-state index in [1.54, 1.807) is 0 Å². The summed E-state index contributed by atoms with van der Waals surface area (Å²) in [5.74, 6) is 2.94. The van der Waals surface area contributed by atoms with Crippen LogP contribution >= 0.6 is 7.82 Å². The van der Waals surface area contributed by atoms with E-state index in [-0.39, 0.29) is 6.61 Å². The number of aliphatic hydroxyl groups is 1. The van der Waals surface area contributed by atoms with E-state index in [2.05, 4.69) is 46.9 Å². The van der Waals surface area contributed by atoms with Crippen molar-refractivity contribution in [3.63, 3.8) is 0 Å². The first kappa shape index (κ1) is 18.7. The largest absolute Gasteiger partial charge is 0.470 e. The molecule has 0 aliphatic carbocycles. The molecule has 3 N–H and O–H groups in total. The number of rotatable bonds is 5. The van der Waals surface area contributed by atoms with E-state index >= 15 is 0 Å². The van der Waals surface area contributed by atoms with E-state index in [0.29, 0.717) is 0 Å². The summed E-state index contributed by atoms with van der Waals surface area (Å²) in [6.45, 7) is -0.855. The molecule has 4 aromatic rings. The van der Waals surface area contributed by atoms with Crippen molar-refractivity contribution in [2.24, 2.45) is 0 Å². The highest BCUT2D eigenvalue weighted by molar-refractivity contribution is 7.46. The van der Waals surface area contributed by atoms with Gasteiger partial charge >= 0.3 is 7.82 Å². The third-order valence-electron chi connectivity index (χ3n) is 4.55. The number of hydrogen-bond acceptors (Lipinski definition) is 4. The van der Waals surface area contributed by atoms with Gasteiger partial charge in [0.2, 0.25) is 0 Å². The Kier molecular flexibility index (Phi) is 4.94. The van der Waals surface area contributed by atoms with Crippen LogP contribution in [0, 0.1) is 12.0 Å². The molecule has 0 spiro atoms. The van der Waals surface area contributed by atoms with Crippen molar-refractivity contribution in [3.05, 3.63) is 60.2 Å². The van der Waals surface area contributed by atoms with Crippen LogP contribution in [-0.2, 0) is 13.8 Å². The Labute approximate surface area is 160 Å². The standard InChI is InChI=1S/C21H17O6P/c22-12-18(27-28(23,24)25)13-26-11-10-14-4-5-17-7-6-15-2-1-3-16-8-9-19(14)21(17)20(15)16/h1-9,18,22H,12-13H2,(H2,23,24,25)/t18-/m1/s1. The smallest absolute Gasteiger partial charge is 0.443 e. The Morgan fingerprint density at radius 1 is 0.929 bits per heavy atom. The molecule has 0 aliphatic rings. The number of ether oxygens (including phenoxy) is 1. The molecule has 0 saturated carbocycles. The van der Waals surface area contributed by atoms with Gasteiger partial charge in [-0.1, -0.05) is 48.5 Å². The van der Waals surface area contributed by atoms with Crippen molar-refractivity contribution < 1.29 is 28.7 Å². The van der Waals surface area contributed by atoms with Crippen LogP contribution in [0.4, 0.5) is 0 Å². The summed E-state index contributed by atoms with van der Waals surface area (Å²) in [6.07, 6.45) is 1.38. The molecule has 7 heteroatoms. The molecule has 0 saturated heterocycles. The van der Waals surface area contributed by atoms with Crippen molar-refractivity contribution in [1.82, 2.24) is 0 Å². The zero-order valence-corrected chi connectivity index (χ0v) is 15.6. The van der Waals surface area contributed by atoms with Crippen LogP contribution < -0.4 is 0 Å². The van der Waals surface area contributed by atoms with Crippen molar-refractivity contribution in [2.45, 2.75) is 6.10 Å². The second-order valence-corrected chi connectivity index (χ2v) is 7.60. The van der Waals surface area contributed by atoms with Crippen molar-refractivity contribution >= 4 is 40.1 Å². The quantitative estimate of drug-likeness (QED) is 0.272. The van der Waals surface area contributed by atoms with Crippen LogP contribution in [0.5, 0.6) is 0 Å². The second-order valence-electron chi connectivity index (χ2n) is 6.41. The lowest BCUT2D eigenvalue weighted by molar-refractivity contribution is 0.0385. The number of benzene rings is 4. The summed E-state index contributed by atoms with van der Waals surface area (Å²) in [5.41, 5.74) is 0.780. The van der Waals surface area contributed by atoms with E-state index in [1.165, 1.54) is 5.39 Å². The van der Waals surface area contributed by atoms with Crippen LogP contribution in [0.1, 0.15) is 5.56 Å². The van der Waals surface area contributed by atoms with Gasteiger partial charge in [-0.3, -0.25) is 4.52 Å². The molecular weight excluding hydrogens is 379 g/mol. The molecule has 0 aromatic heterocycles. The monoisotopic (exact) mass is 396 g/mol. The van der Waals surface area contributed by atoms with Crippen LogP contribution in [0.25, 0.3) is 32.3 Å². The SMILES string of the molecule is O=P(O)(O)O[C@H](CO)COC#Cc1ccc2ccc3cccc4ccc1c2c34. The Bertz CT molecular complexity index is 1230. The summed E-state index contributed by atoms with van der Waals surface area (Å²) in [7, 11) is -4.70. The minimum atomic E-state index is -4.70. The predicted molar refractivity (Wildman–Crippen MR) is 107 cm³/mol. The van der Waals surface area contributed by atoms with Gasteiger partial charge in [0.15, 0.2) is 0 Å². The molecule has 4 aromatic carbocycles. The molecule has 0 amide bonds. The van der Waals surface area contributed by atoms with Gasteiger partial charge in [0.25, 0.3) is 0 Å². The van der Waals surface area contributed by atoms with Gasteiger partial charge in [-0.2, -0.15) is 0 Å². The lowest BCUT2D eigenvalue weighted by Crippen LogP contribution is -2.21. The Morgan fingerprint density at radius 3 is 2.25 bits per heavy atom. The summed E-state index contributed by atoms with van der Waals surface area (Å²) in [4.78, 5) is 17.6. The number of phosphoric acid groups is 1. The van der Waals surface area contributed by atoms with Crippen LogP contribution in [0.15, 0.2) is 54.6 Å². The summed E-state index contributed by atoms with van der Waals surface area (Å²) in [5, 5.41) is 15.9. The summed E-state index contributed by atoms with van der Waals surface area (Å²) in [6, 6.07) is 18.4. The number of phosphoric ester groups is 1. The zero-order chi connectivity index (χ0) is 19.7. The normalized spacial score (nSPS) is 13.0. The predicted octanol–water partition coefficient (Wildman–Crippen LogP) is 3.38. The summed E-state index contributed by atoms with van der Waals surface area (Å²) >= 11 is 0. The van der Waals surface area contributed by atoms with Gasteiger partial charge in [0, 0.05) is 5.56 Å². The minimum absolute atomic E-state index is 0.263. The lowest BCUT2D eigenvalue weighted by atomic mass is 9.92. The lowest BCUT2D eigenvalue weighted by Gasteiger charge is -2.14. The third-order valence-corrected chi connectivity index (χ3v) is 5.12. The molecule has 0 heterocycles. The van der Waals surface area contributed by atoms with E-state index < -0.39 is 20.5 Å². The highest BCUT2D eigenvalue weighted by atomic mass is 31.2. The molecular formula is C21H17O6P.